The van der Waals surface area contributed by atoms with Crippen LogP contribution in [0.1, 0.15) is 30.8 Å². The molecule has 2 amide bonds. The fourth-order valence-electron chi connectivity index (χ4n) is 1.17. The van der Waals surface area contributed by atoms with Crippen LogP contribution in [0.15, 0.2) is 5.38 Å². The molecule has 7 heteroatoms. The predicted octanol–water partition coefficient (Wildman–Crippen LogP) is 0.370. The number of hydrogen-bond acceptors (Lipinski definition) is 5. The summed E-state index contributed by atoms with van der Waals surface area (Å²) in [5.74, 6) is -0.395. The van der Waals surface area contributed by atoms with Crippen LogP contribution in [0.5, 0.6) is 0 Å². The summed E-state index contributed by atoms with van der Waals surface area (Å²) in [4.78, 5) is 26.6. The number of nitrogens with two attached hydrogens (primary N) is 1. The number of nitrogen functional groups attached to an aromatic ring is 1. The molecule has 1 rings (SSSR count). The van der Waals surface area contributed by atoms with Crippen molar-refractivity contribution in [2.75, 3.05) is 12.3 Å². The smallest absolute Gasteiger partial charge is 0.270 e. The molecule has 0 fully saturated rings. The number of aromatic nitrogens is 1. The van der Waals surface area contributed by atoms with Crippen molar-refractivity contribution in [1.29, 1.82) is 0 Å². The van der Waals surface area contributed by atoms with E-state index in [4.69, 9.17) is 5.73 Å². The lowest BCUT2D eigenvalue weighted by molar-refractivity contribution is -0.121. The molecule has 0 atom stereocenters. The molecule has 1 aromatic heterocycles. The van der Waals surface area contributed by atoms with Crippen LogP contribution >= 0.6 is 11.3 Å². The SMILES string of the molecule is CC(C)NC(=O)CCNC(=O)c1csc(N)n1. The molecular formula is C10H16N4O2S. The molecule has 0 aliphatic heterocycles. The van der Waals surface area contributed by atoms with E-state index in [0.29, 0.717) is 5.13 Å². The minimum absolute atomic E-state index is 0.0851. The highest BCUT2D eigenvalue weighted by atomic mass is 32.1. The predicted molar refractivity (Wildman–Crippen MR) is 66.8 cm³/mol. The third kappa shape index (κ3) is 4.81. The summed E-state index contributed by atoms with van der Waals surface area (Å²) in [6.45, 7) is 4.05. The van der Waals surface area contributed by atoms with E-state index in [1.165, 1.54) is 11.3 Å². The van der Waals surface area contributed by atoms with Crippen LogP contribution in [0.3, 0.4) is 0 Å². The van der Waals surface area contributed by atoms with Gasteiger partial charge in [-0.3, -0.25) is 9.59 Å². The van der Waals surface area contributed by atoms with Crippen molar-refractivity contribution in [1.82, 2.24) is 15.6 Å². The molecule has 17 heavy (non-hydrogen) atoms. The van der Waals surface area contributed by atoms with Crippen LogP contribution in [0.4, 0.5) is 5.13 Å². The van der Waals surface area contributed by atoms with Crippen LogP contribution in [0.25, 0.3) is 0 Å². The van der Waals surface area contributed by atoms with Crippen molar-refractivity contribution < 1.29 is 9.59 Å². The molecule has 1 heterocycles. The van der Waals surface area contributed by atoms with Crippen LogP contribution in [-0.2, 0) is 4.79 Å². The fraction of sp³-hybridized carbons (Fsp3) is 0.500. The summed E-state index contributed by atoms with van der Waals surface area (Å²) in [5.41, 5.74) is 5.70. The van der Waals surface area contributed by atoms with Gasteiger partial charge in [0.15, 0.2) is 5.13 Å². The van der Waals surface area contributed by atoms with E-state index in [2.05, 4.69) is 15.6 Å². The standard InChI is InChI=1S/C10H16N4O2S/c1-6(2)13-8(15)3-4-12-9(16)7-5-17-10(11)14-7/h5-6H,3-4H2,1-2H3,(H2,11,14)(H,12,16)(H,13,15). The Labute approximate surface area is 104 Å². The van der Waals surface area contributed by atoms with Crippen molar-refractivity contribution >= 4 is 28.3 Å². The lowest BCUT2D eigenvalue weighted by Gasteiger charge is -2.08. The summed E-state index contributed by atoms with van der Waals surface area (Å²) in [7, 11) is 0. The molecule has 1 aromatic rings. The van der Waals surface area contributed by atoms with Gasteiger partial charge in [-0.05, 0) is 13.8 Å². The first-order valence-electron chi connectivity index (χ1n) is 5.27. The van der Waals surface area contributed by atoms with Gasteiger partial charge in [-0.2, -0.15) is 0 Å². The summed E-state index contributed by atoms with van der Waals surface area (Å²) < 4.78 is 0. The molecule has 0 saturated carbocycles. The molecule has 0 radical (unpaired) electrons. The molecule has 0 bridgehead atoms. The minimum Gasteiger partial charge on any atom is -0.375 e. The Morgan fingerprint density at radius 3 is 2.76 bits per heavy atom. The van der Waals surface area contributed by atoms with Gasteiger partial charge in [-0.25, -0.2) is 4.98 Å². The number of hydrogen-bond donors (Lipinski definition) is 3. The van der Waals surface area contributed by atoms with Gasteiger partial charge in [0.05, 0.1) is 0 Å². The molecule has 0 spiro atoms. The first kappa shape index (κ1) is 13.4. The maximum absolute atomic E-state index is 11.5. The van der Waals surface area contributed by atoms with Crippen molar-refractivity contribution in [3.05, 3.63) is 11.1 Å². The Morgan fingerprint density at radius 2 is 2.24 bits per heavy atom. The second kappa shape index (κ2) is 6.19. The van der Waals surface area contributed by atoms with Crippen molar-refractivity contribution in [2.24, 2.45) is 0 Å². The second-order valence-corrected chi connectivity index (χ2v) is 4.69. The van der Waals surface area contributed by atoms with E-state index in [-0.39, 0.29) is 36.5 Å². The molecule has 4 N–H and O–H groups in total. The number of nitrogens with zero attached hydrogens (tertiary/aromatic N) is 1. The zero-order valence-corrected chi connectivity index (χ0v) is 10.6. The fourth-order valence-corrected chi connectivity index (χ4v) is 1.71. The van der Waals surface area contributed by atoms with Gasteiger partial charge >= 0.3 is 0 Å². The highest BCUT2D eigenvalue weighted by Gasteiger charge is 2.10. The Morgan fingerprint density at radius 1 is 1.53 bits per heavy atom. The van der Waals surface area contributed by atoms with E-state index in [1.54, 1.807) is 5.38 Å². The van der Waals surface area contributed by atoms with Gasteiger partial charge in [0.1, 0.15) is 5.69 Å². The van der Waals surface area contributed by atoms with Crippen molar-refractivity contribution in [3.8, 4) is 0 Å². The van der Waals surface area contributed by atoms with Gasteiger partial charge in [0.2, 0.25) is 5.91 Å². The van der Waals surface area contributed by atoms with Crippen molar-refractivity contribution in [3.63, 3.8) is 0 Å². The maximum atomic E-state index is 11.5. The number of carbonyl (C=O) groups excluding carboxylic acids is 2. The zero-order chi connectivity index (χ0) is 12.8. The van der Waals surface area contributed by atoms with Crippen molar-refractivity contribution in [2.45, 2.75) is 26.3 Å². The molecule has 0 aromatic carbocycles. The Kier molecular flexibility index (Phi) is 4.89. The number of anilines is 1. The second-order valence-electron chi connectivity index (χ2n) is 3.80. The van der Waals surface area contributed by atoms with E-state index < -0.39 is 0 Å². The first-order valence-corrected chi connectivity index (χ1v) is 6.15. The number of carbonyl (C=O) groups is 2. The summed E-state index contributed by atoms with van der Waals surface area (Å²) >= 11 is 1.21. The Balaban J connectivity index is 2.27. The van der Waals surface area contributed by atoms with Crippen LogP contribution in [0, 0.1) is 0 Å². The largest absolute Gasteiger partial charge is 0.375 e. The summed E-state index contributed by atoms with van der Waals surface area (Å²) in [6.07, 6.45) is 0.254. The number of nitrogens with one attached hydrogen (secondary N) is 2. The van der Waals surface area contributed by atoms with E-state index in [1.807, 2.05) is 13.8 Å². The number of rotatable bonds is 5. The van der Waals surface area contributed by atoms with Crippen LogP contribution < -0.4 is 16.4 Å². The average Bonchev–Trinajstić information content (AvgIpc) is 2.63. The zero-order valence-electron chi connectivity index (χ0n) is 9.82. The molecule has 0 aliphatic rings. The minimum atomic E-state index is -0.310. The van der Waals surface area contributed by atoms with Gasteiger partial charge in [-0.1, -0.05) is 0 Å². The molecule has 0 aliphatic carbocycles. The van der Waals surface area contributed by atoms with Crippen LogP contribution in [-0.4, -0.2) is 29.4 Å². The van der Waals surface area contributed by atoms with Gasteiger partial charge in [0, 0.05) is 24.4 Å². The van der Waals surface area contributed by atoms with E-state index in [0.717, 1.165) is 0 Å². The van der Waals surface area contributed by atoms with E-state index in [9.17, 15) is 9.59 Å². The maximum Gasteiger partial charge on any atom is 0.270 e. The molecule has 94 valence electrons. The highest BCUT2D eigenvalue weighted by molar-refractivity contribution is 7.13. The molecule has 0 saturated heterocycles. The topological polar surface area (TPSA) is 97.1 Å². The summed E-state index contributed by atoms with van der Waals surface area (Å²) in [5, 5.41) is 7.28. The third-order valence-corrected chi connectivity index (χ3v) is 2.52. The number of amides is 2. The Bertz CT molecular complexity index is 403. The third-order valence-electron chi connectivity index (χ3n) is 1.84. The monoisotopic (exact) mass is 256 g/mol. The lowest BCUT2D eigenvalue weighted by atomic mass is 10.3. The molecule has 6 nitrogen and oxygen atoms in total. The van der Waals surface area contributed by atoms with Crippen LogP contribution in [0.2, 0.25) is 0 Å². The first-order chi connectivity index (χ1) is 7.99. The molecule has 0 unspecified atom stereocenters. The lowest BCUT2D eigenvalue weighted by Crippen LogP contribution is -2.34. The van der Waals surface area contributed by atoms with Gasteiger partial charge < -0.3 is 16.4 Å². The average molecular weight is 256 g/mol. The van der Waals surface area contributed by atoms with Gasteiger partial charge in [0.25, 0.3) is 5.91 Å². The molecular weight excluding hydrogens is 240 g/mol. The quantitative estimate of drug-likeness (QED) is 0.709. The Hall–Kier alpha value is -1.63. The van der Waals surface area contributed by atoms with Gasteiger partial charge in [-0.15, -0.1) is 11.3 Å². The van der Waals surface area contributed by atoms with E-state index >= 15 is 0 Å². The highest BCUT2D eigenvalue weighted by Crippen LogP contribution is 2.10. The normalized spacial score (nSPS) is 10.3. The summed E-state index contributed by atoms with van der Waals surface area (Å²) in [6, 6.07) is 0.108. The number of thiazole rings is 1.